The third-order valence-electron chi connectivity index (χ3n) is 2.69. The highest BCUT2D eigenvalue weighted by atomic mass is 16.4. The Bertz CT molecular complexity index is 183. The summed E-state index contributed by atoms with van der Waals surface area (Å²) in [7, 11) is 1.88. The smallest absolute Gasteiger partial charge is 0.310 e. The summed E-state index contributed by atoms with van der Waals surface area (Å²) in [6.45, 7) is 2.60. The Kier molecular flexibility index (Phi) is 2.69. The molecule has 1 rings (SSSR count). The van der Waals surface area contributed by atoms with Gasteiger partial charge in [0.15, 0.2) is 0 Å². The van der Waals surface area contributed by atoms with E-state index in [9.17, 15) is 9.90 Å². The molecular formula is C8H15NO3. The molecule has 1 heterocycles. The van der Waals surface area contributed by atoms with Crippen molar-refractivity contribution in [3.63, 3.8) is 0 Å². The summed E-state index contributed by atoms with van der Waals surface area (Å²) in [5.74, 6) is -1.54. The molecule has 1 aliphatic heterocycles. The molecule has 0 spiro atoms. The minimum Gasteiger partial charge on any atom is -0.481 e. The van der Waals surface area contributed by atoms with Crippen LogP contribution < -0.4 is 0 Å². The van der Waals surface area contributed by atoms with Crippen LogP contribution in [0.4, 0.5) is 0 Å². The summed E-state index contributed by atoms with van der Waals surface area (Å²) >= 11 is 0. The van der Waals surface area contributed by atoms with Gasteiger partial charge in [-0.05, 0) is 20.4 Å². The molecular weight excluding hydrogens is 158 g/mol. The third kappa shape index (κ3) is 1.59. The minimum absolute atomic E-state index is 0.0775. The van der Waals surface area contributed by atoms with Crippen LogP contribution in [0.3, 0.4) is 0 Å². The number of aliphatic hydroxyl groups excluding tert-OH is 1. The first-order chi connectivity index (χ1) is 5.54. The topological polar surface area (TPSA) is 60.8 Å². The molecule has 12 heavy (non-hydrogen) atoms. The molecule has 0 bridgehead atoms. The van der Waals surface area contributed by atoms with Gasteiger partial charge in [0.2, 0.25) is 0 Å². The Balaban J connectivity index is 2.71. The molecule has 0 aromatic rings. The van der Waals surface area contributed by atoms with Crippen LogP contribution in [-0.4, -0.2) is 46.8 Å². The standard InChI is InChI=1S/C8H15NO3/c1-5-7(8(11)12)6(10)3-4-9(5)2/h5-7,10H,3-4H2,1-2H3,(H,11,12)/t5?,6-,7?/m0/s1. The van der Waals surface area contributed by atoms with Crippen molar-refractivity contribution in [3.8, 4) is 0 Å². The molecule has 0 amide bonds. The summed E-state index contributed by atoms with van der Waals surface area (Å²) in [5.41, 5.74) is 0. The Morgan fingerprint density at radius 2 is 2.17 bits per heavy atom. The number of hydrogen-bond acceptors (Lipinski definition) is 3. The van der Waals surface area contributed by atoms with Gasteiger partial charge in [-0.25, -0.2) is 0 Å². The van der Waals surface area contributed by atoms with Crippen LogP contribution in [0.15, 0.2) is 0 Å². The lowest BCUT2D eigenvalue weighted by atomic mass is 9.88. The normalized spacial score (nSPS) is 38.1. The molecule has 70 valence electrons. The summed E-state index contributed by atoms with van der Waals surface area (Å²) in [6, 6.07) is -0.0775. The van der Waals surface area contributed by atoms with Crippen LogP contribution in [0.1, 0.15) is 13.3 Å². The molecule has 4 nitrogen and oxygen atoms in total. The van der Waals surface area contributed by atoms with Crippen molar-refractivity contribution in [2.45, 2.75) is 25.5 Å². The summed E-state index contributed by atoms with van der Waals surface area (Å²) in [6.07, 6.45) is -0.133. The average molecular weight is 173 g/mol. The van der Waals surface area contributed by atoms with E-state index in [1.165, 1.54) is 0 Å². The number of piperidine rings is 1. The van der Waals surface area contributed by atoms with Crippen LogP contribution in [0.2, 0.25) is 0 Å². The first-order valence-electron chi connectivity index (χ1n) is 4.15. The van der Waals surface area contributed by atoms with Gasteiger partial charge in [-0.15, -0.1) is 0 Å². The van der Waals surface area contributed by atoms with Gasteiger partial charge in [0.25, 0.3) is 0 Å². The van der Waals surface area contributed by atoms with E-state index in [0.717, 1.165) is 6.54 Å². The van der Waals surface area contributed by atoms with Crippen LogP contribution in [0.25, 0.3) is 0 Å². The van der Waals surface area contributed by atoms with Crippen LogP contribution in [0.5, 0.6) is 0 Å². The Morgan fingerprint density at radius 3 is 2.58 bits per heavy atom. The number of nitrogens with zero attached hydrogens (tertiary/aromatic N) is 1. The fourth-order valence-corrected chi connectivity index (χ4v) is 1.69. The molecule has 1 saturated heterocycles. The lowest BCUT2D eigenvalue weighted by molar-refractivity contribution is -0.151. The van der Waals surface area contributed by atoms with Crippen molar-refractivity contribution >= 4 is 5.97 Å². The number of rotatable bonds is 1. The maximum absolute atomic E-state index is 10.7. The van der Waals surface area contributed by atoms with E-state index < -0.39 is 18.0 Å². The van der Waals surface area contributed by atoms with Crippen molar-refractivity contribution in [2.75, 3.05) is 13.6 Å². The van der Waals surface area contributed by atoms with Crippen molar-refractivity contribution in [2.24, 2.45) is 5.92 Å². The molecule has 0 aliphatic carbocycles. The van der Waals surface area contributed by atoms with Crippen molar-refractivity contribution in [1.82, 2.24) is 4.90 Å². The lowest BCUT2D eigenvalue weighted by Gasteiger charge is -2.37. The highest BCUT2D eigenvalue weighted by Gasteiger charge is 2.37. The molecule has 0 radical (unpaired) electrons. The fourth-order valence-electron chi connectivity index (χ4n) is 1.69. The minimum atomic E-state index is -0.901. The molecule has 0 aromatic carbocycles. The SMILES string of the molecule is CC1C(C(=O)O)[C@@H](O)CCN1C. The van der Waals surface area contributed by atoms with Gasteiger partial charge in [0, 0.05) is 12.6 Å². The van der Waals surface area contributed by atoms with Crippen molar-refractivity contribution in [3.05, 3.63) is 0 Å². The maximum atomic E-state index is 10.7. The van der Waals surface area contributed by atoms with E-state index in [2.05, 4.69) is 0 Å². The molecule has 1 fully saturated rings. The zero-order valence-corrected chi connectivity index (χ0v) is 7.40. The lowest BCUT2D eigenvalue weighted by Crippen LogP contribution is -2.51. The number of carboxylic acid groups (broad SMARTS) is 1. The van der Waals surface area contributed by atoms with E-state index in [0.29, 0.717) is 6.42 Å². The molecule has 2 unspecified atom stereocenters. The monoisotopic (exact) mass is 173 g/mol. The second-order valence-corrected chi connectivity index (χ2v) is 3.44. The molecule has 3 atom stereocenters. The van der Waals surface area contributed by atoms with Gasteiger partial charge < -0.3 is 15.1 Å². The van der Waals surface area contributed by atoms with Gasteiger partial charge in [-0.1, -0.05) is 0 Å². The zero-order chi connectivity index (χ0) is 9.30. The molecule has 0 saturated carbocycles. The maximum Gasteiger partial charge on any atom is 0.310 e. The summed E-state index contributed by atoms with van der Waals surface area (Å²) in [5, 5.41) is 18.2. The number of carbonyl (C=O) groups is 1. The van der Waals surface area contributed by atoms with Crippen LogP contribution in [0, 0.1) is 5.92 Å². The predicted octanol–water partition coefficient (Wildman–Crippen LogP) is -0.228. The van der Waals surface area contributed by atoms with Gasteiger partial charge in [-0.3, -0.25) is 4.79 Å². The Labute approximate surface area is 71.8 Å². The van der Waals surface area contributed by atoms with E-state index in [4.69, 9.17) is 5.11 Å². The number of aliphatic carboxylic acids is 1. The number of hydrogen-bond donors (Lipinski definition) is 2. The van der Waals surface area contributed by atoms with Gasteiger partial charge in [-0.2, -0.15) is 0 Å². The molecule has 2 N–H and O–H groups in total. The highest BCUT2D eigenvalue weighted by molar-refractivity contribution is 5.71. The predicted molar refractivity (Wildman–Crippen MR) is 43.8 cm³/mol. The average Bonchev–Trinajstić information content (AvgIpc) is 1.97. The first-order valence-corrected chi connectivity index (χ1v) is 4.15. The Hall–Kier alpha value is -0.610. The second kappa shape index (κ2) is 3.41. The molecule has 4 heteroatoms. The van der Waals surface area contributed by atoms with Crippen LogP contribution >= 0.6 is 0 Å². The van der Waals surface area contributed by atoms with Gasteiger partial charge >= 0.3 is 5.97 Å². The van der Waals surface area contributed by atoms with Gasteiger partial charge in [0.05, 0.1) is 12.0 Å². The van der Waals surface area contributed by atoms with E-state index in [-0.39, 0.29) is 6.04 Å². The van der Waals surface area contributed by atoms with E-state index in [1.807, 2.05) is 18.9 Å². The molecule has 0 aromatic heterocycles. The van der Waals surface area contributed by atoms with Crippen molar-refractivity contribution < 1.29 is 15.0 Å². The Morgan fingerprint density at radius 1 is 1.58 bits per heavy atom. The highest BCUT2D eigenvalue weighted by Crippen LogP contribution is 2.22. The third-order valence-corrected chi connectivity index (χ3v) is 2.69. The number of aliphatic hydroxyl groups is 1. The quantitative estimate of drug-likeness (QED) is 0.575. The van der Waals surface area contributed by atoms with E-state index >= 15 is 0 Å². The summed E-state index contributed by atoms with van der Waals surface area (Å²) < 4.78 is 0. The molecule has 1 aliphatic rings. The summed E-state index contributed by atoms with van der Waals surface area (Å²) in [4.78, 5) is 12.7. The second-order valence-electron chi connectivity index (χ2n) is 3.44. The first kappa shape index (κ1) is 9.48. The van der Waals surface area contributed by atoms with Gasteiger partial charge in [0.1, 0.15) is 0 Å². The zero-order valence-electron chi connectivity index (χ0n) is 7.40. The van der Waals surface area contributed by atoms with Crippen molar-refractivity contribution in [1.29, 1.82) is 0 Å². The number of likely N-dealkylation sites (tertiary alicyclic amines) is 1. The largest absolute Gasteiger partial charge is 0.481 e. The number of carboxylic acids is 1. The van der Waals surface area contributed by atoms with Crippen LogP contribution in [-0.2, 0) is 4.79 Å². The van der Waals surface area contributed by atoms with E-state index in [1.54, 1.807) is 0 Å². The fraction of sp³-hybridized carbons (Fsp3) is 0.875.